The molecule has 3 aliphatic rings. The molecule has 2 bridgehead atoms. The quantitative estimate of drug-likeness (QED) is 0.693. The molecule has 0 N–H and O–H groups in total. The SMILES string of the molecule is COc1cccc(CN2C[C@]34CN(C(=O)c5cnc(C)cn5)C[C@H](C[C@H]3S2(=O)=O)O4)c1. The number of aryl methyl sites for hydroxylation is 1. The zero-order valence-corrected chi connectivity index (χ0v) is 18.2. The Bertz CT molecular complexity index is 1120. The second-order valence-corrected chi connectivity index (χ2v) is 10.5. The van der Waals surface area contributed by atoms with Gasteiger partial charge in [-0.2, -0.15) is 4.31 Å². The van der Waals surface area contributed by atoms with Crippen molar-refractivity contribution in [2.24, 2.45) is 0 Å². The van der Waals surface area contributed by atoms with E-state index in [1.807, 2.05) is 24.3 Å². The van der Waals surface area contributed by atoms with Gasteiger partial charge in [0.05, 0.1) is 31.6 Å². The van der Waals surface area contributed by atoms with Crippen molar-refractivity contribution in [3.8, 4) is 5.75 Å². The van der Waals surface area contributed by atoms with Crippen molar-refractivity contribution >= 4 is 15.9 Å². The first-order valence-electron chi connectivity index (χ1n) is 10.2. The van der Waals surface area contributed by atoms with E-state index in [1.165, 1.54) is 10.5 Å². The molecule has 164 valence electrons. The molecule has 10 heteroatoms. The first-order chi connectivity index (χ1) is 14.8. The molecule has 0 radical (unpaired) electrons. The zero-order chi connectivity index (χ0) is 21.8. The fraction of sp³-hybridized carbons (Fsp3) is 0.476. The molecule has 3 atom stereocenters. The molecule has 0 saturated carbocycles. The van der Waals surface area contributed by atoms with Crippen LogP contribution in [0, 0.1) is 6.92 Å². The molecule has 3 fully saturated rings. The lowest BCUT2D eigenvalue weighted by Gasteiger charge is -2.39. The Hall–Kier alpha value is -2.56. The number of sulfonamides is 1. The van der Waals surface area contributed by atoms with Gasteiger partial charge in [0.2, 0.25) is 10.0 Å². The normalized spacial score (nSPS) is 29.0. The van der Waals surface area contributed by atoms with Crippen molar-refractivity contribution < 1.29 is 22.7 Å². The average Bonchev–Trinajstić information content (AvgIpc) is 3.13. The number of nitrogens with zero attached hydrogens (tertiary/aromatic N) is 4. The first-order valence-corrected chi connectivity index (χ1v) is 11.7. The van der Waals surface area contributed by atoms with Crippen LogP contribution >= 0.6 is 0 Å². The van der Waals surface area contributed by atoms with Crippen LogP contribution in [-0.4, -0.2) is 77.2 Å². The number of carbonyl (C=O) groups excluding carboxylic acids is 1. The standard InChI is InChI=1S/C21H24N4O5S/c1-14-8-23-18(9-22-14)20(26)24-11-17-7-19-21(12-24,30-17)13-25(31(19,27)28)10-15-4-3-5-16(6-15)29-2/h3-6,8-9,17,19H,7,10-13H2,1-2H3/t17-,19+,21+/m0/s1. The number of morpholine rings is 1. The van der Waals surface area contributed by atoms with Gasteiger partial charge in [0.15, 0.2) is 0 Å². The number of carbonyl (C=O) groups is 1. The Morgan fingerprint density at radius 2 is 2.13 bits per heavy atom. The lowest BCUT2D eigenvalue weighted by atomic mass is 9.99. The minimum absolute atomic E-state index is 0.219. The first kappa shape index (κ1) is 20.3. The van der Waals surface area contributed by atoms with Crippen molar-refractivity contribution in [2.45, 2.75) is 36.8 Å². The van der Waals surface area contributed by atoms with Crippen LogP contribution in [0.15, 0.2) is 36.7 Å². The van der Waals surface area contributed by atoms with E-state index < -0.39 is 20.9 Å². The van der Waals surface area contributed by atoms with Crippen LogP contribution < -0.4 is 4.74 Å². The molecule has 9 nitrogen and oxygen atoms in total. The molecule has 1 amide bonds. The molecular weight excluding hydrogens is 420 g/mol. The van der Waals surface area contributed by atoms with Gasteiger partial charge in [-0.05, 0) is 31.0 Å². The fourth-order valence-corrected chi connectivity index (χ4v) is 7.18. The van der Waals surface area contributed by atoms with Crippen LogP contribution in [0.4, 0.5) is 0 Å². The zero-order valence-electron chi connectivity index (χ0n) is 17.4. The van der Waals surface area contributed by atoms with E-state index in [0.717, 1.165) is 11.3 Å². The number of likely N-dealkylation sites (tertiary alicyclic amines) is 1. The van der Waals surface area contributed by atoms with Gasteiger partial charge < -0.3 is 14.4 Å². The Labute approximate surface area is 181 Å². The number of ether oxygens (including phenoxy) is 2. The maximum atomic E-state index is 13.3. The van der Waals surface area contributed by atoms with Crippen LogP contribution in [0.25, 0.3) is 0 Å². The monoisotopic (exact) mass is 444 g/mol. The van der Waals surface area contributed by atoms with Crippen molar-refractivity contribution in [3.63, 3.8) is 0 Å². The van der Waals surface area contributed by atoms with Crippen LogP contribution in [0.5, 0.6) is 5.75 Å². The second kappa shape index (κ2) is 7.25. The highest BCUT2D eigenvalue weighted by molar-refractivity contribution is 7.90. The molecule has 2 aromatic rings. The minimum Gasteiger partial charge on any atom is -0.497 e. The van der Waals surface area contributed by atoms with Gasteiger partial charge in [0, 0.05) is 25.8 Å². The molecule has 4 heterocycles. The number of hydrogen-bond acceptors (Lipinski definition) is 7. The summed E-state index contributed by atoms with van der Waals surface area (Å²) < 4.78 is 39.6. The summed E-state index contributed by atoms with van der Waals surface area (Å²) in [5.41, 5.74) is 0.907. The van der Waals surface area contributed by atoms with Crippen LogP contribution in [0.1, 0.15) is 28.2 Å². The van der Waals surface area contributed by atoms with E-state index >= 15 is 0 Å². The third-order valence-corrected chi connectivity index (χ3v) is 8.61. The molecule has 1 spiro atoms. The van der Waals surface area contributed by atoms with Gasteiger partial charge in [-0.1, -0.05) is 12.1 Å². The number of amides is 1. The largest absolute Gasteiger partial charge is 0.497 e. The highest BCUT2D eigenvalue weighted by Crippen LogP contribution is 2.47. The summed E-state index contributed by atoms with van der Waals surface area (Å²) in [5, 5.41) is -0.655. The number of methoxy groups -OCH3 is 1. The molecule has 31 heavy (non-hydrogen) atoms. The van der Waals surface area contributed by atoms with Crippen molar-refractivity contribution in [2.75, 3.05) is 26.7 Å². The Kier molecular flexibility index (Phi) is 4.76. The highest BCUT2D eigenvalue weighted by atomic mass is 32.2. The topological polar surface area (TPSA) is 102 Å². The summed E-state index contributed by atoms with van der Waals surface area (Å²) in [4.78, 5) is 23.0. The van der Waals surface area contributed by atoms with Gasteiger partial charge in [0.25, 0.3) is 5.91 Å². The smallest absolute Gasteiger partial charge is 0.274 e. The maximum Gasteiger partial charge on any atom is 0.274 e. The predicted molar refractivity (Wildman–Crippen MR) is 111 cm³/mol. The van der Waals surface area contributed by atoms with E-state index in [1.54, 1.807) is 25.1 Å². The van der Waals surface area contributed by atoms with Gasteiger partial charge in [-0.25, -0.2) is 13.4 Å². The number of benzene rings is 1. The van der Waals surface area contributed by atoms with E-state index in [0.29, 0.717) is 18.7 Å². The second-order valence-electron chi connectivity index (χ2n) is 8.42. The average molecular weight is 445 g/mol. The fourth-order valence-electron chi connectivity index (χ4n) is 4.88. The van der Waals surface area contributed by atoms with Crippen LogP contribution in [0.3, 0.4) is 0 Å². The van der Waals surface area contributed by atoms with Gasteiger partial charge in [0.1, 0.15) is 22.3 Å². The lowest BCUT2D eigenvalue weighted by molar-refractivity contribution is -0.0981. The molecular formula is C21H24N4O5S. The molecule has 1 aromatic carbocycles. The molecule has 0 unspecified atom stereocenters. The number of rotatable bonds is 4. The van der Waals surface area contributed by atoms with E-state index in [9.17, 15) is 13.2 Å². The highest BCUT2D eigenvalue weighted by Gasteiger charge is 2.65. The molecule has 0 aliphatic carbocycles. The lowest BCUT2D eigenvalue weighted by Crippen LogP contribution is -2.56. The summed E-state index contributed by atoms with van der Waals surface area (Å²) in [6.45, 7) is 2.84. The minimum atomic E-state index is -3.56. The van der Waals surface area contributed by atoms with Crippen LogP contribution in [0.2, 0.25) is 0 Å². The predicted octanol–water partition coefficient (Wildman–Crippen LogP) is 0.991. The van der Waals surface area contributed by atoms with E-state index in [2.05, 4.69) is 9.97 Å². The van der Waals surface area contributed by atoms with Gasteiger partial charge in [-0.3, -0.25) is 9.78 Å². The third kappa shape index (κ3) is 3.38. The van der Waals surface area contributed by atoms with Crippen molar-refractivity contribution in [1.82, 2.24) is 19.2 Å². The Morgan fingerprint density at radius 1 is 1.29 bits per heavy atom. The van der Waals surface area contributed by atoms with Crippen molar-refractivity contribution in [3.05, 3.63) is 53.6 Å². The summed E-state index contributed by atoms with van der Waals surface area (Å²) in [5.74, 6) is 0.432. The summed E-state index contributed by atoms with van der Waals surface area (Å²) in [6.07, 6.45) is 3.11. The summed E-state index contributed by atoms with van der Waals surface area (Å²) >= 11 is 0. The van der Waals surface area contributed by atoms with E-state index in [-0.39, 0.29) is 37.3 Å². The molecule has 1 aromatic heterocycles. The maximum absolute atomic E-state index is 13.3. The van der Waals surface area contributed by atoms with Gasteiger partial charge >= 0.3 is 0 Å². The third-order valence-electron chi connectivity index (χ3n) is 6.29. The molecule has 5 rings (SSSR count). The summed E-state index contributed by atoms with van der Waals surface area (Å²) in [7, 11) is -1.99. The van der Waals surface area contributed by atoms with Crippen molar-refractivity contribution in [1.29, 1.82) is 0 Å². The van der Waals surface area contributed by atoms with Crippen LogP contribution in [-0.2, 0) is 21.3 Å². The molecule has 3 saturated heterocycles. The van der Waals surface area contributed by atoms with Gasteiger partial charge in [-0.15, -0.1) is 0 Å². The van der Waals surface area contributed by atoms with E-state index in [4.69, 9.17) is 9.47 Å². The number of hydrogen-bond donors (Lipinski definition) is 0. The molecule has 3 aliphatic heterocycles. The number of aromatic nitrogens is 2. The number of fused-ring (bicyclic) bond motifs is 1. The Balaban J connectivity index is 1.39. The summed E-state index contributed by atoms with van der Waals surface area (Å²) in [6, 6.07) is 7.37. The Morgan fingerprint density at radius 3 is 2.87 bits per heavy atom.